The van der Waals surface area contributed by atoms with Crippen LogP contribution in [0.1, 0.15) is 18.1 Å². The smallest absolute Gasteiger partial charge is 0.356 e. The van der Waals surface area contributed by atoms with Gasteiger partial charge in [0.15, 0.2) is 18.5 Å². The number of benzene rings is 1. The van der Waals surface area contributed by atoms with E-state index in [-0.39, 0.29) is 12.5 Å². The predicted molar refractivity (Wildman–Crippen MR) is 103 cm³/mol. The molecule has 4 rings (SSSR count). The Balaban J connectivity index is 1.33. The quantitative estimate of drug-likeness (QED) is 0.355. The average Bonchev–Trinajstić information content (AvgIpc) is 3.10. The molecule has 0 bridgehead atoms. The number of ether oxygens (including phenoxy) is 1. The van der Waals surface area contributed by atoms with Gasteiger partial charge in [-0.1, -0.05) is 28.7 Å². The van der Waals surface area contributed by atoms with Crippen molar-refractivity contribution in [2.24, 2.45) is 0 Å². The highest BCUT2D eigenvalue weighted by atomic mass is 35.5. The molecule has 0 saturated carbocycles. The standard InChI is InChI=1S/C17H19ClN5O4P/c18-13-3-1-2-12(8-13)14-4-6-26-28(24,27-14)11-25-7-5-23-10-22-15-16(19)20-9-21-17(15)23/h1-3,8-10,14H,4-7,11H2,(H2,19,20,21)/p+1/t14-,28?/m0/s1. The van der Waals surface area contributed by atoms with E-state index in [0.29, 0.717) is 48.2 Å². The molecule has 9 nitrogen and oxygen atoms in total. The first kappa shape index (κ1) is 19.3. The molecule has 0 amide bonds. The number of aromatic nitrogens is 4. The highest BCUT2D eigenvalue weighted by Gasteiger charge is 2.34. The van der Waals surface area contributed by atoms with Crippen molar-refractivity contribution in [1.29, 1.82) is 0 Å². The van der Waals surface area contributed by atoms with Gasteiger partial charge in [0.05, 0.1) is 25.9 Å². The molecule has 2 aromatic heterocycles. The van der Waals surface area contributed by atoms with Gasteiger partial charge in [0.25, 0.3) is 0 Å². The van der Waals surface area contributed by atoms with Gasteiger partial charge in [0.2, 0.25) is 5.52 Å². The van der Waals surface area contributed by atoms with Crippen molar-refractivity contribution in [2.75, 3.05) is 25.3 Å². The number of nitrogen functional groups attached to an aromatic ring is 1. The van der Waals surface area contributed by atoms with Crippen LogP contribution < -0.4 is 10.3 Å². The van der Waals surface area contributed by atoms with Crippen molar-refractivity contribution in [2.45, 2.75) is 19.1 Å². The van der Waals surface area contributed by atoms with Gasteiger partial charge in [-0.15, -0.1) is 0 Å². The molecule has 0 spiro atoms. The number of H-pyrrole nitrogens is 1. The number of rotatable bonds is 6. The van der Waals surface area contributed by atoms with Gasteiger partial charge in [-0.25, -0.2) is 4.57 Å². The average molecular weight is 425 g/mol. The topological polar surface area (TPSA) is 116 Å². The van der Waals surface area contributed by atoms with Crippen molar-refractivity contribution >= 4 is 36.2 Å². The van der Waals surface area contributed by atoms with Gasteiger partial charge in [-0.3, -0.25) is 14.1 Å². The molecule has 1 aliphatic heterocycles. The van der Waals surface area contributed by atoms with Crippen molar-refractivity contribution in [1.82, 2.24) is 15.0 Å². The molecule has 28 heavy (non-hydrogen) atoms. The Morgan fingerprint density at radius 3 is 3.18 bits per heavy atom. The van der Waals surface area contributed by atoms with Crippen LogP contribution in [0.4, 0.5) is 5.82 Å². The number of hydrogen-bond donors (Lipinski definition) is 2. The van der Waals surface area contributed by atoms with E-state index < -0.39 is 7.60 Å². The van der Waals surface area contributed by atoms with Crippen LogP contribution >= 0.6 is 19.2 Å². The van der Waals surface area contributed by atoms with Crippen LogP contribution in [0, 0.1) is 0 Å². The molecule has 1 fully saturated rings. The molecule has 1 aromatic carbocycles. The predicted octanol–water partition coefficient (Wildman–Crippen LogP) is 2.83. The Labute approximate surface area is 166 Å². The number of fused-ring (bicyclic) bond motifs is 1. The first-order chi connectivity index (χ1) is 13.5. The van der Waals surface area contributed by atoms with Crippen molar-refractivity contribution < 1.29 is 22.9 Å². The molecule has 0 aliphatic carbocycles. The molecule has 3 N–H and O–H groups in total. The van der Waals surface area contributed by atoms with E-state index in [1.54, 1.807) is 12.4 Å². The maximum absolute atomic E-state index is 12.9. The fraction of sp³-hybridized carbons (Fsp3) is 0.353. The van der Waals surface area contributed by atoms with Gasteiger partial charge >= 0.3 is 13.2 Å². The van der Waals surface area contributed by atoms with Gasteiger partial charge in [0.1, 0.15) is 6.35 Å². The number of halogens is 1. The van der Waals surface area contributed by atoms with Gasteiger partial charge in [-0.2, -0.15) is 4.98 Å². The van der Waals surface area contributed by atoms with E-state index in [1.807, 2.05) is 22.8 Å². The van der Waals surface area contributed by atoms with Crippen molar-refractivity contribution in [3.05, 3.63) is 47.5 Å². The number of anilines is 1. The highest BCUT2D eigenvalue weighted by Crippen LogP contribution is 2.55. The number of nitrogens with zero attached hydrogens (tertiary/aromatic N) is 3. The number of hydrogen-bond acceptors (Lipinski definition) is 7. The Morgan fingerprint density at radius 2 is 2.32 bits per heavy atom. The zero-order chi connectivity index (χ0) is 19.6. The second-order valence-electron chi connectivity index (χ2n) is 6.34. The minimum Gasteiger partial charge on any atom is -0.380 e. The van der Waals surface area contributed by atoms with E-state index in [0.717, 1.165) is 5.56 Å². The van der Waals surface area contributed by atoms with Gasteiger partial charge < -0.3 is 15.0 Å². The summed E-state index contributed by atoms with van der Waals surface area (Å²) in [6.45, 7) is 1.14. The monoisotopic (exact) mass is 424 g/mol. The van der Waals surface area contributed by atoms with Crippen LogP contribution in [0.2, 0.25) is 5.02 Å². The van der Waals surface area contributed by atoms with Crippen LogP contribution in [0.5, 0.6) is 0 Å². The van der Waals surface area contributed by atoms with Gasteiger partial charge in [0, 0.05) is 11.4 Å². The minimum atomic E-state index is -3.34. The summed E-state index contributed by atoms with van der Waals surface area (Å²) in [4.78, 5) is 11.2. The lowest BCUT2D eigenvalue weighted by Gasteiger charge is -2.29. The SMILES string of the molecule is Nc1ncnc2c1[nH]c[n+]2CCOCP1(=O)OCC[C@@H](c2cccc(Cl)c2)O1. The van der Waals surface area contributed by atoms with Crippen LogP contribution in [0.3, 0.4) is 0 Å². The molecule has 1 unspecified atom stereocenters. The summed E-state index contributed by atoms with van der Waals surface area (Å²) >= 11 is 6.04. The molecular formula is C17H20ClN5O4P+. The van der Waals surface area contributed by atoms with Crippen LogP contribution in [0.25, 0.3) is 11.2 Å². The number of nitrogens with two attached hydrogens (primary N) is 1. The minimum absolute atomic E-state index is 0.121. The Kier molecular flexibility index (Phi) is 5.61. The molecule has 1 aliphatic rings. The van der Waals surface area contributed by atoms with E-state index in [1.165, 1.54) is 6.33 Å². The third-order valence-electron chi connectivity index (χ3n) is 4.40. The van der Waals surface area contributed by atoms with Crippen molar-refractivity contribution in [3.63, 3.8) is 0 Å². The third-order valence-corrected chi connectivity index (χ3v) is 6.28. The molecule has 1 saturated heterocycles. The molecule has 148 valence electrons. The molecule has 11 heteroatoms. The van der Waals surface area contributed by atoms with Crippen molar-refractivity contribution in [3.8, 4) is 0 Å². The van der Waals surface area contributed by atoms with E-state index in [9.17, 15) is 4.57 Å². The highest BCUT2D eigenvalue weighted by molar-refractivity contribution is 7.53. The fourth-order valence-electron chi connectivity index (χ4n) is 3.04. The zero-order valence-electron chi connectivity index (χ0n) is 15.0. The van der Waals surface area contributed by atoms with E-state index in [2.05, 4.69) is 15.0 Å². The molecule has 3 heterocycles. The second kappa shape index (κ2) is 8.14. The lowest BCUT2D eigenvalue weighted by atomic mass is 10.1. The molecule has 0 radical (unpaired) electrons. The second-order valence-corrected chi connectivity index (χ2v) is 8.73. The summed E-state index contributed by atoms with van der Waals surface area (Å²) in [6, 6.07) is 7.33. The summed E-state index contributed by atoms with van der Waals surface area (Å²) in [5.41, 5.74) is 8.02. The van der Waals surface area contributed by atoms with E-state index >= 15 is 0 Å². The maximum atomic E-state index is 12.9. The lowest BCUT2D eigenvalue weighted by molar-refractivity contribution is -0.674. The molecule has 3 aromatic rings. The zero-order valence-corrected chi connectivity index (χ0v) is 16.6. The van der Waals surface area contributed by atoms with Crippen LogP contribution in [-0.4, -0.2) is 34.5 Å². The maximum Gasteiger partial charge on any atom is 0.356 e. The largest absolute Gasteiger partial charge is 0.380 e. The fourth-order valence-corrected chi connectivity index (χ4v) is 4.78. The van der Waals surface area contributed by atoms with Crippen LogP contribution in [-0.2, 0) is 24.9 Å². The summed E-state index contributed by atoms with van der Waals surface area (Å²) in [5, 5.41) is 0.610. The normalized spacial score (nSPS) is 22.5. The Hall–Kier alpha value is -2.03. The summed E-state index contributed by atoms with van der Waals surface area (Å²) in [6.07, 6.45) is 3.30. The number of imidazole rings is 1. The first-order valence-corrected chi connectivity index (χ1v) is 10.9. The number of aromatic amines is 1. The van der Waals surface area contributed by atoms with E-state index in [4.69, 9.17) is 31.1 Å². The Morgan fingerprint density at radius 1 is 1.43 bits per heavy atom. The molecule has 2 atom stereocenters. The third kappa shape index (κ3) is 4.19. The Bertz CT molecular complexity index is 1030. The molecular weight excluding hydrogens is 405 g/mol. The summed E-state index contributed by atoms with van der Waals surface area (Å²) in [7, 11) is -3.34. The summed E-state index contributed by atoms with van der Waals surface area (Å²) in [5.74, 6) is 0.380. The first-order valence-electron chi connectivity index (χ1n) is 8.76. The number of nitrogens with one attached hydrogen (secondary N) is 1. The van der Waals surface area contributed by atoms with Crippen LogP contribution in [0.15, 0.2) is 36.9 Å². The summed E-state index contributed by atoms with van der Waals surface area (Å²) < 4.78 is 31.4. The van der Waals surface area contributed by atoms with Gasteiger partial charge in [-0.05, 0) is 17.7 Å². The lowest BCUT2D eigenvalue weighted by Crippen LogP contribution is -2.35.